The zero-order chi connectivity index (χ0) is 25.0. The van der Waals surface area contributed by atoms with Gasteiger partial charge < -0.3 is 9.72 Å². The van der Waals surface area contributed by atoms with Gasteiger partial charge in [0.1, 0.15) is 12.6 Å². The Morgan fingerprint density at radius 1 is 1.06 bits per heavy atom. The molecule has 1 heterocycles. The lowest BCUT2D eigenvalue weighted by Crippen LogP contribution is -2.43. The number of hydrogen-bond acceptors (Lipinski definition) is 6. The van der Waals surface area contributed by atoms with Crippen LogP contribution in [0.15, 0.2) is 83.9 Å². The van der Waals surface area contributed by atoms with Gasteiger partial charge in [0.05, 0.1) is 9.82 Å². The predicted molar refractivity (Wildman–Crippen MR) is 130 cm³/mol. The van der Waals surface area contributed by atoms with Crippen LogP contribution in [0.1, 0.15) is 16.7 Å². The molecule has 35 heavy (non-hydrogen) atoms. The summed E-state index contributed by atoms with van der Waals surface area (Å²) in [7, 11) is -4.01. The highest BCUT2D eigenvalue weighted by molar-refractivity contribution is 7.89. The van der Waals surface area contributed by atoms with E-state index in [1.165, 1.54) is 36.4 Å². The van der Waals surface area contributed by atoms with Crippen molar-refractivity contribution in [1.82, 2.24) is 9.71 Å². The van der Waals surface area contributed by atoms with Crippen LogP contribution in [-0.4, -0.2) is 30.3 Å². The number of ether oxygens (including phenoxy) is 1. The van der Waals surface area contributed by atoms with Crippen LogP contribution in [0, 0.1) is 17.0 Å². The lowest BCUT2D eigenvalue weighted by Gasteiger charge is -2.18. The van der Waals surface area contributed by atoms with Crippen LogP contribution >= 0.6 is 0 Å². The number of nitrogens with one attached hydrogen (secondary N) is 2. The Labute approximate surface area is 201 Å². The monoisotopic (exact) mass is 493 g/mol. The van der Waals surface area contributed by atoms with Gasteiger partial charge in [-0.1, -0.05) is 35.9 Å². The normalized spacial score (nSPS) is 12.4. The van der Waals surface area contributed by atoms with Crippen molar-refractivity contribution in [2.75, 3.05) is 0 Å². The fraction of sp³-hybridized carbons (Fsp3) is 0.160. The van der Waals surface area contributed by atoms with E-state index in [0.29, 0.717) is 5.56 Å². The highest BCUT2D eigenvalue weighted by atomic mass is 32.2. The summed E-state index contributed by atoms with van der Waals surface area (Å²) in [6.45, 7) is 1.69. The van der Waals surface area contributed by atoms with Crippen LogP contribution < -0.4 is 4.72 Å². The number of H-pyrrole nitrogens is 1. The molecule has 0 aliphatic carbocycles. The number of aromatic amines is 1. The molecule has 0 saturated carbocycles. The molecule has 10 heteroatoms. The van der Waals surface area contributed by atoms with Crippen molar-refractivity contribution >= 4 is 32.6 Å². The number of benzene rings is 3. The van der Waals surface area contributed by atoms with Crippen molar-refractivity contribution in [3.05, 3.63) is 106 Å². The number of nitro benzene ring substituents is 1. The van der Waals surface area contributed by atoms with Gasteiger partial charge >= 0.3 is 5.97 Å². The summed E-state index contributed by atoms with van der Waals surface area (Å²) in [4.78, 5) is 26.5. The van der Waals surface area contributed by atoms with Crippen molar-refractivity contribution in [3.63, 3.8) is 0 Å². The van der Waals surface area contributed by atoms with Gasteiger partial charge in [0, 0.05) is 35.7 Å². The number of esters is 1. The first-order valence-corrected chi connectivity index (χ1v) is 12.3. The van der Waals surface area contributed by atoms with Crippen LogP contribution in [0.2, 0.25) is 0 Å². The molecule has 4 rings (SSSR count). The number of sulfonamides is 1. The molecule has 0 saturated heterocycles. The second-order valence-corrected chi connectivity index (χ2v) is 9.80. The van der Waals surface area contributed by atoms with E-state index in [1.807, 2.05) is 31.2 Å². The van der Waals surface area contributed by atoms with Crippen molar-refractivity contribution in [1.29, 1.82) is 0 Å². The Kier molecular flexibility index (Phi) is 6.94. The first-order chi connectivity index (χ1) is 16.7. The Morgan fingerprint density at radius 3 is 2.43 bits per heavy atom. The third-order valence-corrected chi connectivity index (χ3v) is 7.03. The summed E-state index contributed by atoms with van der Waals surface area (Å²) < 4.78 is 34.0. The average molecular weight is 494 g/mol. The number of carbonyl (C=O) groups is 1. The molecule has 180 valence electrons. The molecule has 0 unspecified atom stereocenters. The molecule has 0 radical (unpaired) electrons. The molecule has 0 amide bonds. The molecular formula is C25H23N3O6S. The van der Waals surface area contributed by atoms with E-state index in [1.54, 1.807) is 18.3 Å². The lowest BCUT2D eigenvalue weighted by molar-refractivity contribution is -0.384. The summed E-state index contributed by atoms with van der Waals surface area (Å²) in [5.41, 5.74) is 2.98. The number of carbonyl (C=O) groups excluding carboxylic acids is 1. The summed E-state index contributed by atoms with van der Waals surface area (Å²) in [6, 6.07) is 18.2. The van der Waals surface area contributed by atoms with E-state index in [2.05, 4.69) is 9.71 Å². The van der Waals surface area contributed by atoms with E-state index in [-0.39, 0.29) is 23.6 Å². The van der Waals surface area contributed by atoms with Gasteiger partial charge in [0.25, 0.3) is 5.69 Å². The number of aryl methyl sites for hydroxylation is 1. The molecule has 3 aromatic carbocycles. The molecule has 9 nitrogen and oxygen atoms in total. The van der Waals surface area contributed by atoms with Crippen molar-refractivity contribution in [3.8, 4) is 0 Å². The van der Waals surface area contributed by atoms with Crippen LogP contribution in [0.3, 0.4) is 0 Å². The number of para-hydroxylation sites is 1. The fourth-order valence-corrected chi connectivity index (χ4v) is 4.82. The van der Waals surface area contributed by atoms with E-state index < -0.39 is 27.0 Å². The maximum absolute atomic E-state index is 13.0. The number of nitro groups is 1. The SMILES string of the molecule is Cc1ccc(S(=O)(=O)N[C@H](Cc2c[nH]c3ccccc23)C(=O)OCc2ccc([N+](=O)[O-])cc2)cc1. The number of hydrogen-bond donors (Lipinski definition) is 2. The number of nitrogens with zero attached hydrogens (tertiary/aromatic N) is 1. The minimum absolute atomic E-state index is 0.0372. The van der Waals surface area contributed by atoms with Crippen molar-refractivity contribution in [2.45, 2.75) is 30.9 Å². The second-order valence-electron chi connectivity index (χ2n) is 8.08. The van der Waals surface area contributed by atoms with Crippen LogP contribution in [0.5, 0.6) is 0 Å². The molecule has 0 aliphatic heterocycles. The molecular weight excluding hydrogens is 470 g/mol. The van der Waals surface area contributed by atoms with Gasteiger partial charge in [-0.15, -0.1) is 0 Å². The number of fused-ring (bicyclic) bond motifs is 1. The van der Waals surface area contributed by atoms with E-state index in [4.69, 9.17) is 4.74 Å². The van der Waals surface area contributed by atoms with Crippen molar-refractivity contribution in [2.24, 2.45) is 0 Å². The van der Waals surface area contributed by atoms with Crippen LogP contribution in [-0.2, 0) is 32.6 Å². The topological polar surface area (TPSA) is 131 Å². The van der Waals surface area contributed by atoms with Crippen LogP contribution in [0.4, 0.5) is 5.69 Å². The number of non-ortho nitro benzene ring substituents is 1. The molecule has 0 spiro atoms. The summed E-state index contributed by atoms with van der Waals surface area (Å²) in [5.74, 6) is -0.760. The standard InChI is InChI=1S/C25H23N3O6S/c1-17-6-12-21(13-7-17)35(32,33)27-24(14-19-15-26-23-5-3-2-4-22(19)23)25(29)34-16-18-8-10-20(11-9-18)28(30)31/h2-13,15,24,26-27H,14,16H2,1H3/t24-/m1/s1. The van der Waals surface area contributed by atoms with Crippen molar-refractivity contribution < 1.29 is 22.9 Å². The Hall–Kier alpha value is -4.02. The first kappa shape index (κ1) is 24.1. The smallest absolute Gasteiger partial charge is 0.324 e. The third kappa shape index (κ3) is 5.73. The van der Waals surface area contributed by atoms with Gasteiger partial charge in [-0.05, 0) is 48.4 Å². The Bertz CT molecular complexity index is 1460. The van der Waals surface area contributed by atoms with E-state index in [0.717, 1.165) is 22.0 Å². The largest absolute Gasteiger partial charge is 0.460 e. The Balaban J connectivity index is 1.56. The Morgan fingerprint density at radius 2 is 1.74 bits per heavy atom. The number of aromatic nitrogens is 1. The van der Waals surface area contributed by atoms with Gasteiger partial charge in [0.2, 0.25) is 10.0 Å². The van der Waals surface area contributed by atoms with Gasteiger partial charge in [-0.25, -0.2) is 8.42 Å². The van der Waals surface area contributed by atoms with Crippen LogP contribution in [0.25, 0.3) is 10.9 Å². The lowest BCUT2D eigenvalue weighted by atomic mass is 10.1. The maximum Gasteiger partial charge on any atom is 0.324 e. The first-order valence-electron chi connectivity index (χ1n) is 10.8. The second kappa shape index (κ2) is 10.1. The molecule has 1 atom stereocenters. The molecule has 1 aromatic heterocycles. The van der Waals surface area contributed by atoms with Gasteiger partial charge in [0.15, 0.2) is 0 Å². The highest BCUT2D eigenvalue weighted by Gasteiger charge is 2.28. The fourth-order valence-electron chi connectivity index (χ4n) is 3.64. The van der Waals surface area contributed by atoms with E-state index in [9.17, 15) is 23.3 Å². The quantitative estimate of drug-likeness (QED) is 0.206. The van der Waals surface area contributed by atoms with E-state index >= 15 is 0 Å². The third-order valence-electron chi connectivity index (χ3n) is 5.54. The zero-order valence-corrected chi connectivity index (χ0v) is 19.6. The predicted octanol–water partition coefficient (Wildman–Crippen LogP) is 4.02. The molecule has 0 aliphatic rings. The highest BCUT2D eigenvalue weighted by Crippen LogP contribution is 2.21. The minimum atomic E-state index is -4.01. The number of rotatable bonds is 9. The molecule has 0 bridgehead atoms. The minimum Gasteiger partial charge on any atom is -0.460 e. The van der Waals surface area contributed by atoms with Gasteiger partial charge in [-0.3, -0.25) is 14.9 Å². The molecule has 4 aromatic rings. The summed E-state index contributed by atoms with van der Waals surface area (Å²) in [6.07, 6.45) is 1.80. The summed E-state index contributed by atoms with van der Waals surface area (Å²) in [5, 5.41) is 11.7. The maximum atomic E-state index is 13.0. The van der Waals surface area contributed by atoms with Gasteiger partial charge in [-0.2, -0.15) is 4.72 Å². The summed E-state index contributed by atoms with van der Waals surface area (Å²) >= 11 is 0. The molecule has 0 fully saturated rings. The average Bonchev–Trinajstić information content (AvgIpc) is 3.25. The zero-order valence-electron chi connectivity index (χ0n) is 18.8. The molecule has 2 N–H and O–H groups in total.